The summed E-state index contributed by atoms with van der Waals surface area (Å²) >= 11 is 0. The van der Waals surface area contributed by atoms with Crippen molar-refractivity contribution in [3.8, 4) is 0 Å². The maximum atomic E-state index is 12.3. The first-order valence-electron chi connectivity index (χ1n) is 8.45. The molecule has 1 heterocycles. The molecule has 1 aliphatic rings. The summed E-state index contributed by atoms with van der Waals surface area (Å²) in [7, 11) is 0.452. The minimum atomic E-state index is -3.67. The Kier molecular flexibility index (Phi) is 7.54. The predicted octanol–water partition coefficient (Wildman–Crippen LogP) is -1.78. The Morgan fingerprint density at radius 1 is 1.27 bits per heavy atom. The molecule has 26 heavy (non-hydrogen) atoms. The average Bonchev–Trinajstić information content (AvgIpc) is 2.91. The van der Waals surface area contributed by atoms with Gasteiger partial charge in [-0.05, 0) is 20.3 Å². The largest absolute Gasteiger partial charge is 0.355 e. The van der Waals surface area contributed by atoms with Gasteiger partial charge in [0.25, 0.3) is 10.2 Å². The Morgan fingerprint density at radius 3 is 2.35 bits per heavy atom. The van der Waals surface area contributed by atoms with Crippen LogP contribution in [0.1, 0.15) is 20.3 Å². The van der Waals surface area contributed by atoms with E-state index in [2.05, 4.69) is 10.6 Å². The molecule has 0 bridgehead atoms. The molecule has 0 aromatic heterocycles. The number of hydrogen-bond acceptors (Lipinski definition) is 5. The smallest absolute Gasteiger partial charge is 0.281 e. The van der Waals surface area contributed by atoms with Crippen LogP contribution in [0.3, 0.4) is 0 Å². The summed E-state index contributed by atoms with van der Waals surface area (Å²) in [4.78, 5) is 37.8. The van der Waals surface area contributed by atoms with Gasteiger partial charge in [0.05, 0.1) is 6.54 Å². The molecular weight excluding hydrogens is 362 g/mol. The summed E-state index contributed by atoms with van der Waals surface area (Å²) < 4.78 is 26.0. The van der Waals surface area contributed by atoms with E-state index in [4.69, 9.17) is 0 Å². The van der Waals surface area contributed by atoms with Gasteiger partial charge >= 0.3 is 0 Å². The SMILES string of the molecule is CCN(CCNC(=O)C1(C)CCNC1=O)C(=O)CN(C)S(=O)(=O)N(C)C. The molecule has 1 saturated heterocycles. The number of nitrogens with one attached hydrogen (secondary N) is 2. The van der Waals surface area contributed by atoms with Gasteiger partial charge < -0.3 is 15.5 Å². The van der Waals surface area contributed by atoms with E-state index in [1.165, 1.54) is 26.0 Å². The van der Waals surface area contributed by atoms with E-state index in [9.17, 15) is 22.8 Å². The Balaban J connectivity index is 2.55. The fourth-order valence-electron chi connectivity index (χ4n) is 2.56. The second-order valence-electron chi connectivity index (χ2n) is 6.61. The molecule has 0 spiro atoms. The van der Waals surface area contributed by atoms with Gasteiger partial charge in [-0.2, -0.15) is 17.0 Å². The van der Waals surface area contributed by atoms with Gasteiger partial charge in [0.2, 0.25) is 17.7 Å². The maximum absolute atomic E-state index is 12.3. The Bertz CT molecular complexity index is 651. The van der Waals surface area contributed by atoms with Crippen LogP contribution in [0.15, 0.2) is 0 Å². The Labute approximate surface area is 155 Å². The van der Waals surface area contributed by atoms with Crippen LogP contribution >= 0.6 is 0 Å². The number of amides is 3. The minimum absolute atomic E-state index is 0.186. The second-order valence-corrected chi connectivity index (χ2v) is 8.86. The molecule has 0 aromatic rings. The number of likely N-dealkylation sites (N-methyl/N-ethyl adjacent to an activating group) is 2. The van der Waals surface area contributed by atoms with Gasteiger partial charge in [-0.15, -0.1) is 0 Å². The normalized spacial score (nSPS) is 20.3. The van der Waals surface area contributed by atoms with Crippen LogP contribution in [0.25, 0.3) is 0 Å². The zero-order valence-corrected chi connectivity index (χ0v) is 16.9. The van der Waals surface area contributed by atoms with Crippen LogP contribution in [0.5, 0.6) is 0 Å². The fourth-order valence-corrected chi connectivity index (χ4v) is 3.39. The van der Waals surface area contributed by atoms with E-state index in [0.717, 1.165) is 8.61 Å². The zero-order valence-electron chi connectivity index (χ0n) is 16.0. The highest BCUT2D eigenvalue weighted by atomic mass is 32.2. The summed E-state index contributed by atoms with van der Waals surface area (Å²) in [6.45, 7) is 4.33. The molecule has 11 heteroatoms. The highest BCUT2D eigenvalue weighted by molar-refractivity contribution is 7.86. The molecule has 0 saturated carbocycles. The van der Waals surface area contributed by atoms with Crippen molar-refractivity contribution in [3.63, 3.8) is 0 Å². The lowest BCUT2D eigenvalue weighted by atomic mass is 9.88. The second kappa shape index (κ2) is 8.78. The van der Waals surface area contributed by atoms with Crippen LogP contribution in [0, 0.1) is 5.41 Å². The fraction of sp³-hybridized carbons (Fsp3) is 0.800. The van der Waals surface area contributed by atoms with Crippen molar-refractivity contribution in [2.75, 3.05) is 53.9 Å². The first-order valence-corrected chi connectivity index (χ1v) is 9.84. The Hall–Kier alpha value is -1.72. The van der Waals surface area contributed by atoms with Gasteiger partial charge in [0, 0.05) is 47.3 Å². The molecular formula is C15H29N5O5S. The topological polar surface area (TPSA) is 119 Å². The number of rotatable bonds is 9. The highest BCUT2D eigenvalue weighted by Gasteiger charge is 2.44. The summed E-state index contributed by atoms with van der Waals surface area (Å²) in [5.74, 6) is -1.03. The van der Waals surface area contributed by atoms with Gasteiger partial charge in [-0.3, -0.25) is 14.4 Å². The zero-order chi connectivity index (χ0) is 20.1. The quantitative estimate of drug-likeness (QED) is 0.450. The van der Waals surface area contributed by atoms with Gasteiger partial charge in [0.1, 0.15) is 5.41 Å². The van der Waals surface area contributed by atoms with Crippen molar-refractivity contribution in [3.05, 3.63) is 0 Å². The van der Waals surface area contributed by atoms with Crippen molar-refractivity contribution < 1.29 is 22.8 Å². The van der Waals surface area contributed by atoms with Crippen molar-refractivity contribution >= 4 is 27.9 Å². The van der Waals surface area contributed by atoms with E-state index >= 15 is 0 Å². The average molecular weight is 391 g/mol. The number of carbonyl (C=O) groups is 3. The van der Waals surface area contributed by atoms with Crippen molar-refractivity contribution in [2.24, 2.45) is 5.41 Å². The van der Waals surface area contributed by atoms with Crippen molar-refractivity contribution in [1.82, 2.24) is 24.1 Å². The monoisotopic (exact) mass is 391 g/mol. The molecule has 1 rings (SSSR count). The lowest BCUT2D eigenvalue weighted by molar-refractivity contribution is -0.140. The predicted molar refractivity (Wildman–Crippen MR) is 96.2 cm³/mol. The molecule has 150 valence electrons. The third kappa shape index (κ3) is 4.92. The van der Waals surface area contributed by atoms with E-state index < -0.39 is 15.6 Å². The van der Waals surface area contributed by atoms with Crippen LogP contribution < -0.4 is 10.6 Å². The van der Waals surface area contributed by atoms with E-state index in [0.29, 0.717) is 19.5 Å². The third-order valence-corrected chi connectivity index (χ3v) is 6.37. The molecule has 2 N–H and O–H groups in total. The Morgan fingerprint density at radius 2 is 1.88 bits per heavy atom. The van der Waals surface area contributed by atoms with Crippen LogP contribution in [0.2, 0.25) is 0 Å². The first-order chi connectivity index (χ1) is 12.0. The summed E-state index contributed by atoms with van der Waals surface area (Å²) in [5.41, 5.74) is -1.08. The van der Waals surface area contributed by atoms with Gasteiger partial charge in [0.15, 0.2) is 0 Å². The van der Waals surface area contributed by atoms with Crippen LogP contribution in [0.4, 0.5) is 0 Å². The van der Waals surface area contributed by atoms with E-state index in [1.54, 1.807) is 13.8 Å². The van der Waals surface area contributed by atoms with Crippen LogP contribution in [-0.2, 0) is 24.6 Å². The molecule has 1 fully saturated rings. The maximum Gasteiger partial charge on any atom is 0.281 e. The van der Waals surface area contributed by atoms with Gasteiger partial charge in [-0.1, -0.05) is 0 Å². The molecule has 0 aromatic carbocycles. The van der Waals surface area contributed by atoms with E-state index in [-0.39, 0.29) is 37.4 Å². The molecule has 1 aliphatic heterocycles. The highest BCUT2D eigenvalue weighted by Crippen LogP contribution is 2.25. The van der Waals surface area contributed by atoms with Crippen molar-refractivity contribution in [1.29, 1.82) is 0 Å². The molecule has 0 aliphatic carbocycles. The number of nitrogens with zero attached hydrogens (tertiary/aromatic N) is 3. The minimum Gasteiger partial charge on any atom is -0.355 e. The summed E-state index contributed by atoms with van der Waals surface area (Å²) in [6, 6.07) is 0. The summed E-state index contributed by atoms with van der Waals surface area (Å²) in [5, 5.41) is 5.32. The van der Waals surface area contributed by atoms with Crippen molar-refractivity contribution in [2.45, 2.75) is 20.3 Å². The lowest BCUT2D eigenvalue weighted by Gasteiger charge is -2.26. The molecule has 1 atom stereocenters. The molecule has 0 radical (unpaired) electrons. The van der Waals surface area contributed by atoms with Gasteiger partial charge in [-0.25, -0.2) is 0 Å². The molecule has 10 nitrogen and oxygen atoms in total. The number of hydrogen-bond donors (Lipinski definition) is 2. The standard InChI is InChI=1S/C15H29N5O5S/c1-6-20(12(21)11-19(5)26(24,25)18(3)4)10-9-17-14(23)15(2)7-8-16-13(15)22/h6-11H2,1-5H3,(H,16,22)(H,17,23). The lowest BCUT2D eigenvalue weighted by Crippen LogP contribution is -2.48. The number of carbonyl (C=O) groups excluding carboxylic acids is 3. The molecule has 3 amide bonds. The summed E-state index contributed by atoms with van der Waals surface area (Å²) in [6.07, 6.45) is 0.432. The molecule has 1 unspecified atom stereocenters. The first kappa shape index (κ1) is 22.3. The van der Waals surface area contributed by atoms with E-state index in [1.807, 2.05) is 0 Å². The third-order valence-electron chi connectivity index (χ3n) is 4.53. The van der Waals surface area contributed by atoms with Crippen LogP contribution in [-0.4, -0.2) is 93.5 Å².